The summed E-state index contributed by atoms with van der Waals surface area (Å²) in [5.74, 6) is 1.78. The van der Waals surface area contributed by atoms with E-state index in [2.05, 4.69) is 17.4 Å². The zero-order valence-corrected chi connectivity index (χ0v) is 10.2. The minimum atomic E-state index is 0.0847. The number of hydrogen-bond donors (Lipinski definition) is 1. The third kappa shape index (κ3) is 2.08. The first kappa shape index (κ1) is 10.8. The Balaban J connectivity index is 1.71. The molecule has 0 aliphatic heterocycles. The van der Waals surface area contributed by atoms with Crippen LogP contribution < -0.4 is 5.32 Å². The van der Waals surface area contributed by atoms with Crippen molar-refractivity contribution in [2.24, 2.45) is 5.92 Å². The van der Waals surface area contributed by atoms with Crippen LogP contribution >= 0.6 is 0 Å². The molecule has 4 nitrogen and oxygen atoms in total. The Morgan fingerprint density at radius 3 is 2.82 bits per heavy atom. The van der Waals surface area contributed by atoms with E-state index in [9.17, 15) is 4.79 Å². The summed E-state index contributed by atoms with van der Waals surface area (Å²) in [6.45, 7) is 2.22. The van der Waals surface area contributed by atoms with E-state index < -0.39 is 0 Å². The van der Waals surface area contributed by atoms with E-state index in [-0.39, 0.29) is 17.2 Å². The lowest BCUT2D eigenvalue weighted by Crippen LogP contribution is -2.16. The Morgan fingerprint density at radius 2 is 2.18 bits per heavy atom. The third-order valence-electron chi connectivity index (χ3n) is 4.01. The largest absolute Gasteiger partial charge is 0.359 e. The zero-order chi connectivity index (χ0) is 11.9. The summed E-state index contributed by atoms with van der Waals surface area (Å²) in [6, 6.07) is 1.89. The van der Waals surface area contributed by atoms with Crippen molar-refractivity contribution in [3.63, 3.8) is 0 Å². The van der Waals surface area contributed by atoms with E-state index in [1.54, 1.807) is 0 Å². The van der Waals surface area contributed by atoms with E-state index in [4.69, 9.17) is 4.52 Å². The first-order chi connectivity index (χ1) is 8.17. The molecule has 2 saturated carbocycles. The molecule has 0 spiro atoms. The zero-order valence-electron chi connectivity index (χ0n) is 10.2. The van der Waals surface area contributed by atoms with Gasteiger partial charge in [0.1, 0.15) is 5.76 Å². The Bertz CT molecular complexity index is 428. The number of hydrogen-bond acceptors (Lipinski definition) is 3. The normalized spacial score (nSPS) is 22.6. The minimum Gasteiger partial charge on any atom is -0.359 e. The highest BCUT2D eigenvalue weighted by atomic mass is 16.5. The molecule has 0 bridgehead atoms. The number of rotatable bonds is 3. The molecule has 1 aromatic rings. The average Bonchev–Trinajstić information content (AvgIpc) is 2.90. The Morgan fingerprint density at radius 1 is 1.47 bits per heavy atom. The van der Waals surface area contributed by atoms with E-state index >= 15 is 0 Å². The van der Waals surface area contributed by atoms with Crippen molar-refractivity contribution in [1.82, 2.24) is 5.16 Å². The van der Waals surface area contributed by atoms with Crippen molar-refractivity contribution in [1.29, 1.82) is 0 Å². The number of anilines is 1. The number of carbonyl (C=O) groups excluding carboxylic acids is 1. The number of aromatic nitrogens is 1. The van der Waals surface area contributed by atoms with Crippen molar-refractivity contribution < 1.29 is 9.32 Å². The van der Waals surface area contributed by atoms with Gasteiger partial charge in [0.2, 0.25) is 5.91 Å². The summed E-state index contributed by atoms with van der Waals surface area (Å²) in [6.07, 6.45) is 6.82. The standard InChI is InChI=1S/C13H18N2O2/c1-13(6-2-3-7-13)10-8-11(15-17-10)14-12(16)9-4-5-9/h8-9H,2-7H2,1H3,(H,14,15,16). The molecule has 92 valence electrons. The molecule has 2 aliphatic rings. The lowest BCUT2D eigenvalue weighted by atomic mass is 9.86. The van der Waals surface area contributed by atoms with Crippen LogP contribution in [0.2, 0.25) is 0 Å². The van der Waals surface area contributed by atoms with Crippen LogP contribution in [0.1, 0.15) is 51.2 Å². The number of nitrogens with one attached hydrogen (secondary N) is 1. The highest BCUT2D eigenvalue weighted by Gasteiger charge is 2.35. The van der Waals surface area contributed by atoms with Crippen LogP contribution in [0, 0.1) is 5.92 Å². The van der Waals surface area contributed by atoms with E-state index in [1.807, 2.05) is 6.07 Å². The molecule has 17 heavy (non-hydrogen) atoms. The molecule has 1 heterocycles. The monoisotopic (exact) mass is 234 g/mol. The smallest absolute Gasteiger partial charge is 0.228 e. The first-order valence-electron chi connectivity index (χ1n) is 6.45. The van der Waals surface area contributed by atoms with Crippen molar-refractivity contribution in [2.75, 3.05) is 5.32 Å². The Hall–Kier alpha value is -1.32. The maximum absolute atomic E-state index is 11.6. The van der Waals surface area contributed by atoms with Gasteiger partial charge in [0.05, 0.1) is 0 Å². The van der Waals surface area contributed by atoms with Gasteiger partial charge in [-0.3, -0.25) is 4.79 Å². The maximum atomic E-state index is 11.6. The molecule has 1 amide bonds. The Labute approximate surface area is 101 Å². The highest BCUT2D eigenvalue weighted by Crippen LogP contribution is 2.41. The molecule has 2 fully saturated rings. The van der Waals surface area contributed by atoms with E-state index in [0.29, 0.717) is 5.82 Å². The van der Waals surface area contributed by atoms with Crippen LogP contribution in [0.15, 0.2) is 10.6 Å². The second kappa shape index (κ2) is 3.86. The van der Waals surface area contributed by atoms with Gasteiger partial charge in [0.15, 0.2) is 5.82 Å². The molecule has 0 aromatic carbocycles. The summed E-state index contributed by atoms with van der Waals surface area (Å²) in [4.78, 5) is 11.6. The van der Waals surface area contributed by atoms with Crippen LogP contribution in [0.4, 0.5) is 5.82 Å². The van der Waals surface area contributed by atoms with Crippen LogP contribution in [-0.4, -0.2) is 11.1 Å². The number of nitrogens with zero attached hydrogens (tertiary/aromatic N) is 1. The molecule has 1 N–H and O–H groups in total. The van der Waals surface area contributed by atoms with Gasteiger partial charge in [-0.2, -0.15) is 0 Å². The number of amides is 1. The molecule has 4 heteroatoms. The molecular formula is C13H18N2O2. The van der Waals surface area contributed by atoms with Crippen molar-refractivity contribution in [3.8, 4) is 0 Å². The van der Waals surface area contributed by atoms with Crippen LogP contribution in [-0.2, 0) is 10.2 Å². The topological polar surface area (TPSA) is 55.1 Å². The van der Waals surface area contributed by atoms with Gasteiger partial charge in [-0.05, 0) is 25.7 Å². The summed E-state index contributed by atoms with van der Waals surface area (Å²) < 4.78 is 5.39. The number of carbonyl (C=O) groups is 1. The van der Waals surface area contributed by atoms with Gasteiger partial charge >= 0.3 is 0 Å². The molecule has 0 radical (unpaired) electrons. The fourth-order valence-electron chi connectivity index (χ4n) is 2.59. The molecule has 2 aliphatic carbocycles. The second-order valence-electron chi connectivity index (χ2n) is 5.61. The van der Waals surface area contributed by atoms with Gasteiger partial charge < -0.3 is 9.84 Å². The molecule has 0 saturated heterocycles. The van der Waals surface area contributed by atoms with Gasteiger partial charge in [-0.15, -0.1) is 0 Å². The van der Waals surface area contributed by atoms with E-state index in [0.717, 1.165) is 31.4 Å². The predicted octanol–water partition coefficient (Wildman–Crippen LogP) is 2.85. The van der Waals surface area contributed by atoms with Gasteiger partial charge in [0.25, 0.3) is 0 Å². The van der Waals surface area contributed by atoms with Crippen LogP contribution in [0.25, 0.3) is 0 Å². The van der Waals surface area contributed by atoms with Crippen LogP contribution in [0.5, 0.6) is 0 Å². The lowest BCUT2D eigenvalue weighted by molar-refractivity contribution is -0.117. The molecule has 0 atom stereocenters. The quantitative estimate of drug-likeness (QED) is 0.874. The summed E-state index contributed by atoms with van der Waals surface area (Å²) in [5.41, 5.74) is 0.121. The molecule has 1 aromatic heterocycles. The molecular weight excluding hydrogens is 216 g/mol. The third-order valence-corrected chi connectivity index (χ3v) is 4.01. The summed E-state index contributed by atoms with van der Waals surface area (Å²) in [5, 5.41) is 6.77. The van der Waals surface area contributed by atoms with Gasteiger partial charge in [0, 0.05) is 17.4 Å². The fraction of sp³-hybridized carbons (Fsp3) is 0.692. The fourth-order valence-corrected chi connectivity index (χ4v) is 2.59. The summed E-state index contributed by atoms with van der Waals surface area (Å²) in [7, 11) is 0. The predicted molar refractivity (Wildman–Crippen MR) is 63.7 cm³/mol. The lowest BCUT2D eigenvalue weighted by Gasteiger charge is -2.18. The maximum Gasteiger partial charge on any atom is 0.228 e. The first-order valence-corrected chi connectivity index (χ1v) is 6.45. The van der Waals surface area contributed by atoms with Gasteiger partial charge in [-0.1, -0.05) is 24.9 Å². The second-order valence-corrected chi connectivity index (χ2v) is 5.61. The molecule has 3 rings (SSSR count). The highest BCUT2D eigenvalue weighted by molar-refractivity contribution is 5.93. The van der Waals surface area contributed by atoms with Gasteiger partial charge in [-0.25, -0.2) is 0 Å². The molecule has 0 unspecified atom stereocenters. The summed E-state index contributed by atoms with van der Waals surface area (Å²) >= 11 is 0. The van der Waals surface area contributed by atoms with E-state index in [1.165, 1.54) is 12.8 Å². The van der Waals surface area contributed by atoms with Crippen molar-refractivity contribution in [3.05, 3.63) is 11.8 Å². The Kier molecular flexibility index (Phi) is 2.45. The minimum absolute atomic E-state index is 0.0847. The SMILES string of the molecule is CC1(c2cc(NC(=O)C3CC3)no2)CCCC1. The average molecular weight is 234 g/mol. The van der Waals surface area contributed by atoms with Crippen molar-refractivity contribution >= 4 is 11.7 Å². The van der Waals surface area contributed by atoms with Crippen molar-refractivity contribution in [2.45, 2.75) is 50.9 Å². The van der Waals surface area contributed by atoms with Crippen LogP contribution in [0.3, 0.4) is 0 Å².